The predicted octanol–water partition coefficient (Wildman–Crippen LogP) is 2.80. The zero-order valence-corrected chi connectivity index (χ0v) is 9.27. The molecule has 2 aromatic rings. The fourth-order valence-electron chi connectivity index (χ4n) is 2.04. The number of carboxylic acids is 1. The van der Waals surface area contributed by atoms with Crippen molar-refractivity contribution >= 4 is 16.9 Å². The van der Waals surface area contributed by atoms with Crippen molar-refractivity contribution in [3.63, 3.8) is 0 Å². The van der Waals surface area contributed by atoms with Gasteiger partial charge in [-0.15, -0.1) is 0 Å². The number of ether oxygens (including phenoxy) is 1. The molecule has 0 amide bonds. The highest BCUT2D eigenvalue weighted by Gasteiger charge is 2.19. The molecule has 17 heavy (non-hydrogen) atoms. The SMILES string of the molecule is O=C(O)c1c[nH]c2cc(OC3CCC3)ccc12. The Morgan fingerprint density at radius 1 is 1.41 bits per heavy atom. The van der Waals surface area contributed by atoms with Gasteiger partial charge in [-0.2, -0.15) is 0 Å². The van der Waals surface area contributed by atoms with Crippen molar-refractivity contribution in [1.82, 2.24) is 4.98 Å². The summed E-state index contributed by atoms with van der Waals surface area (Å²) in [4.78, 5) is 13.9. The minimum absolute atomic E-state index is 0.301. The molecule has 88 valence electrons. The Morgan fingerprint density at radius 3 is 2.88 bits per heavy atom. The summed E-state index contributed by atoms with van der Waals surface area (Å²) in [6.07, 6.45) is 5.31. The molecule has 4 heteroatoms. The average Bonchev–Trinajstić information content (AvgIpc) is 2.66. The maximum atomic E-state index is 10.9. The molecule has 1 aromatic carbocycles. The number of nitrogens with one attached hydrogen (secondary N) is 1. The quantitative estimate of drug-likeness (QED) is 0.853. The van der Waals surface area contributed by atoms with Gasteiger partial charge in [-0.3, -0.25) is 0 Å². The van der Waals surface area contributed by atoms with Crippen LogP contribution in [-0.4, -0.2) is 22.2 Å². The molecule has 0 aliphatic heterocycles. The van der Waals surface area contributed by atoms with Crippen molar-refractivity contribution in [2.45, 2.75) is 25.4 Å². The molecule has 0 spiro atoms. The summed E-state index contributed by atoms with van der Waals surface area (Å²) in [5, 5.41) is 9.70. The summed E-state index contributed by atoms with van der Waals surface area (Å²) in [6.45, 7) is 0. The number of fused-ring (bicyclic) bond motifs is 1. The van der Waals surface area contributed by atoms with E-state index in [2.05, 4.69) is 4.98 Å². The molecular weight excluding hydrogens is 218 g/mol. The van der Waals surface area contributed by atoms with E-state index in [4.69, 9.17) is 9.84 Å². The van der Waals surface area contributed by atoms with Crippen molar-refractivity contribution in [1.29, 1.82) is 0 Å². The first-order valence-corrected chi connectivity index (χ1v) is 5.75. The van der Waals surface area contributed by atoms with Crippen LogP contribution < -0.4 is 4.74 Å². The van der Waals surface area contributed by atoms with Gasteiger partial charge in [-0.05, 0) is 31.4 Å². The van der Waals surface area contributed by atoms with E-state index in [1.165, 1.54) is 12.6 Å². The Bertz CT molecular complexity index is 569. The molecule has 4 nitrogen and oxygen atoms in total. The molecule has 0 atom stereocenters. The Kier molecular flexibility index (Phi) is 2.28. The van der Waals surface area contributed by atoms with E-state index in [1.54, 1.807) is 6.07 Å². The molecule has 0 unspecified atom stereocenters. The fraction of sp³-hybridized carbons (Fsp3) is 0.308. The molecular formula is C13H13NO3. The van der Waals surface area contributed by atoms with Crippen LogP contribution in [0.1, 0.15) is 29.6 Å². The minimum atomic E-state index is -0.913. The number of carbonyl (C=O) groups is 1. The van der Waals surface area contributed by atoms with E-state index in [-0.39, 0.29) is 0 Å². The third-order valence-electron chi connectivity index (χ3n) is 3.24. The largest absolute Gasteiger partial charge is 0.490 e. The molecule has 1 aromatic heterocycles. The highest BCUT2D eigenvalue weighted by atomic mass is 16.5. The van der Waals surface area contributed by atoms with Crippen molar-refractivity contribution in [3.05, 3.63) is 30.0 Å². The van der Waals surface area contributed by atoms with E-state index >= 15 is 0 Å². The van der Waals surface area contributed by atoms with Crippen LogP contribution in [0.4, 0.5) is 0 Å². The molecule has 3 rings (SSSR count). The van der Waals surface area contributed by atoms with E-state index in [1.807, 2.05) is 12.1 Å². The van der Waals surface area contributed by atoms with E-state index in [9.17, 15) is 4.79 Å². The van der Waals surface area contributed by atoms with Crippen molar-refractivity contribution in [2.75, 3.05) is 0 Å². The van der Waals surface area contributed by atoms with Crippen molar-refractivity contribution in [3.8, 4) is 5.75 Å². The molecule has 1 aliphatic carbocycles. The van der Waals surface area contributed by atoms with Gasteiger partial charge in [0.25, 0.3) is 0 Å². The lowest BCUT2D eigenvalue weighted by Gasteiger charge is -2.26. The van der Waals surface area contributed by atoms with Crippen LogP contribution in [0.5, 0.6) is 5.75 Å². The highest BCUT2D eigenvalue weighted by molar-refractivity contribution is 6.03. The molecule has 0 bridgehead atoms. The Balaban J connectivity index is 1.93. The predicted molar refractivity (Wildman–Crippen MR) is 63.5 cm³/mol. The van der Waals surface area contributed by atoms with Crippen LogP contribution in [0.25, 0.3) is 10.9 Å². The summed E-state index contributed by atoms with van der Waals surface area (Å²) < 4.78 is 5.76. The highest BCUT2D eigenvalue weighted by Crippen LogP contribution is 2.28. The molecule has 1 saturated carbocycles. The Morgan fingerprint density at radius 2 is 2.24 bits per heavy atom. The fourth-order valence-corrected chi connectivity index (χ4v) is 2.04. The first kappa shape index (κ1) is 10.2. The molecule has 0 radical (unpaired) electrons. The second kappa shape index (κ2) is 3.80. The number of benzene rings is 1. The number of hydrogen-bond acceptors (Lipinski definition) is 2. The monoisotopic (exact) mass is 231 g/mol. The first-order chi connectivity index (χ1) is 8.24. The number of aromatic carboxylic acids is 1. The van der Waals surface area contributed by atoms with Crippen LogP contribution in [0.2, 0.25) is 0 Å². The summed E-state index contributed by atoms with van der Waals surface area (Å²) in [5.74, 6) is -0.107. The minimum Gasteiger partial charge on any atom is -0.490 e. The van der Waals surface area contributed by atoms with E-state index < -0.39 is 5.97 Å². The second-order valence-electron chi connectivity index (χ2n) is 4.39. The van der Waals surface area contributed by atoms with Gasteiger partial charge in [0.1, 0.15) is 5.75 Å². The summed E-state index contributed by atoms with van der Waals surface area (Å²) in [6, 6.07) is 5.49. The standard InChI is InChI=1S/C13H13NO3/c15-13(16)11-7-14-12-6-9(4-5-10(11)12)17-8-2-1-3-8/h4-8,14H,1-3H2,(H,15,16). The maximum absolute atomic E-state index is 10.9. The van der Waals surface area contributed by atoms with Gasteiger partial charge in [0.05, 0.1) is 11.7 Å². The third-order valence-corrected chi connectivity index (χ3v) is 3.24. The second-order valence-corrected chi connectivity index (χ2v) is 4.39. The van der Waals surface area contributed by atoms with Gasteiger partial charge < -0.3 is 14.8 Å². The van der Waals surface area contributed by atoms with Gasteiger partial charge in [-0.1, -0.05) is 0 Å². The normalized spacial score (nSPS) is 15.8. The molecule has 1 heterocycles. The molecule has 0 saturated heterocycles. The van der Waals surface area contributed by atoms with Gasteiger partial charge in [0.2, 0.25) is 0 Å². The smallest absolute Gasteiger partial charge is 0.337 e. The number of aromatic amines is 1. The van der Waals surface area contributed by atoms with Crippen molar-refractivity contribution < 1.29 is 14.6 Å². The number of carboxylic acid groups (broad SMARTS) is 1. The van der Waals surface area contributed by atoms with Gasteiger partial charge in [0.15, 0.2) is 0 Å². The Hall–Kier alpha value is -1.97. The summed E-state index contributed by atoms with van der Waals surface area (Å²) >= 11 is 0. The maximum Gasteiger partial charge on any atom is 0.337 e. The van der Waals surface area contributed by atoms with Crippen LogP contribution in [-0.2, 0) is 0 Å². The molecule has 1 aliphatic rings. The number of aromatic nitrogens is 1. The summed E-state index contributed by atoms with van der Waals surface area (Å²) in [7, 11) is 0. The van der Waals surface area contributed by atoms with E-state index in [0.717, 1.165) is 29.5 Å². The number of rotatable bonds is 3. The van der Waals surface area contributed by atoms with Crippen molar-refractivity contribution in [2.24, 2.45) is 0 Å². The van der Waals surface area contributed by atoms with E-state index in [0.29, 0.717) is 11.7 Å². The Labute approximate surface area is 98.2 Å². The van der Waals surface area contributed by atoms with Gasteiger partial charge in [0, 0.05) is 23.2 Å². The average molecular weight is 231 g/mol. The lowest BCUT2D eigenvalue weighted by atomic mass is 9.96. The topological polar surface area (TPSA) is 62.3 Å². The zero-order chi connectivity index (χ0) is 11.8. The lowest BCUT2D eigenvalue weighted by molar-refractivity contribution is 0.0699. The van der Waals surface area contributed by atoms with Crippen LogP contribution in [0.15, 0.2) is 24.4 Å². The van der Waals surface area contributed by atoms with Crippen LogP contribution >= 0.6 is 0 Å². The number of hydrogen-bond donors (Lipinski definition) is 2. The lowest BCUT2D eigenvalue weighted by Crippen LogP contribution is -2.24. The molecule has 1 fully saturated rings. The molecule has 2 N–H and O–H groups in total. The van der Waals surface area contributed by atoms with Crippen LogP contribution in [0.3, 0.4) is 0 Å². The van der Waals surface area contributed by atoms with Gasteiger partial charge in [-0.25, -0.2) is 4.79 Å². The zero-order valence-electron chi connectivity index (χ0n) is 9.27. The third kappa shape index (κ3) is 1.75. The summed E-state index contributed by atoms with van der Waals surface area (Å²) in [5.41, 5.74) is 1.11. The van der Waals surface area contributed by atoms with Gasteiger partial charge >= 0.3 is 5.97 Å². The van der Waals surface area contributed by atoms with Crippen LogP contribution in [0, 0.1) is 0 Å². The first-order valence-electron chi connectivity index (χ1n) is 5.75. The number of H-pyrrole nitrogens is 1.